The minimum atomic E-state index is -3.42. The van der Waals surface area contributed by atoms with Gasteiger partial charge in [-0.05, 0) is 32.4 Å². The van der Waals surface area contributed by atoms with E-state index in [9.17, 15) is 13.2 Å². The second-order valence-electron chi connectivity index (χ2n) is 6.06. The highest BCUT2D eigenvalue weighted by atomic mass is 32.2. The largest absolute Gasteiger partial charge is 0.299 e. The Hall–Kier alpha value is -1.24. The normalized spacial score (nSPS) is 26.4. The van der Waals surface area contributed by atoms with Crippen LogP contribution in [0.1, 0.15) is 18.9 Å². The Balaban J connectivity index is 1.78. The molecule has 0 spiro atoms. The first-order valence-electron chi connectivity index (χ1n) is 7.20. The topological polar surface area (TPSA) is 57.7 Å². The molecule has 2 aliphatic rings. The molecular formula is C15H20N2O3S. The summed E-state index contributed by atoms with van der Waals surface area (Å²) in [5.41, 5.74) is 1.05. The van der Waals surface area contributed by atoms with Crippen LogP contribution in [-0.2, 0) is 14.8 Å². The van der Waals surface area contributed by atoms with E-state index >= 15 is 0 Å². The number of aryl methyl sites for hydroxylation is 1. The molecule has 0 amide bonds. The second kappa shape index (κ2) is 5.19. The van der Waals surface area contributed by atoms with Crippen LogP contribution in [0.4, 0.5) is 0 Å². The van der Waals surface area contributed by atoms with Gasteiger partial charge < -0.3 is 0 Å². The summed E-state index contributed by atoms with van der Waals surface area (Å²) in [7, 11) is -3.42. The number of hydrogen-bond acceptors (Lipinski definition) is 4. The van der Waals surface area contributed by atoms with E-state index in [-0.39, 0.29) is 17.9 Å². The molecule has 0 aromatic heterocycles. The van der Waals surface area contributed by atoms with Crippen molar-refractivity contribution in [1.29, 1.82) is 0 Å². The molecule has 0 radical (unpaired) electrons. The summed E-state index contributed by atoms with van der Waals surface area (Å²) in [6.07, 6.45) is 0.832. The Bertz CT molecular complexity index is 654. The van der Waals surface area contributed by atoms with Gasteiger partial charge in [-0.3, -0.25) is 9.69 Å². The van der Waals surface area contributed by atoms with Crippen LogP contribution in [0.15, 0.2) is 29.2 Å². The van der Waals surface area contributed by atoms with E-state index in [0.29, 0.717) is 24.5 Å². The number of nitrogens with zero attached hydrogens (tertiary/aromatic N) is 2. The quantitative estimate of drug-likeness (QED) is 0.834. The zero-order chi connectivity index (χ0) is 15.2. The molecule has 2 fully saturated rings. The van der Waals surface area contributed by atoms with Crippen molar-refractivity contribution in [2.45, 2.75) is 37.2 Å². The van der Waals surface area contributed by atoms with Crippen LogP contribution in [0.2, 0.25) is 0 Å². The van der Waals surface area contributed by atoms with Crippen LogP contribution in [-0.4, -0.2) is 55.1 Å². The minimum Gasteiger partial charge on any atom is -0.299 e. The highest BCUT2D eigenvalue weighted by molar-refractivity contribution is 7.89. The van der Waals surface area contributed by atoms with Gasteiger partial charge in [-0.25, -0.2) is 8.42 Å². The van der Waals surface area contributed by atoms with Gasteiger partial charge >= 0.3 is 0 Å². The van der Waals surface area contributed by atoms with Gasteiger partial charge in [0.15, 0.2) is 0 Å². The van der Waals surface area contributed by atoms with Crippen molar-refractivity contribution in [2.24, 2.45) is 0 Å². The summed E-state index contributed by atoms with van der Waals surface area (Å²) in [5, 5.41) is 0. The predicted octanol–water partition coefficient (Wildman–Crippen LogP) is 1.03. The molecule has 0 unspecified atom stereocenters. The monoisotopic (exact) mass is 308 g/mol. The van der Waals surface area contributed by atoms with E-state index in [1.807, 2.05) is 19.1 Å². The second-order valence-corrected chi connectivity index (χ2v) is 7.95. The Morgan fingerprint density at radius 2 is 1.86 bits per heavy atom. The molecular weight excluding hydrogens is 288 g/mol. The van der Waals surface area contributed by atoms with E-state index in [0.717, 1.165) is 12.0 Å². The maximum absolute atomic E-state index is 12.7. The molecule has 2 saturated heterocycles. The van der Waals surface area contributed by atoms with E-state index in [1.54, 1.807) is 23.4 Å². The molecule has 2 atom stereocenters. The average Bonchev–Trinajstić information content (AvgIpc) is 2.98. The third-order valence-electron chi connectivity index (χ3n) is 4.36. The molecule has 5 nitrogen and oxygen atoms in total. The van der Waals surface area contributed by atoms with E-state index < -0.39 is 10.0 Å². The van der Waals surface area contributed by atoms with Crippen LogP contribution in [0, 0.1) is 6.92 Å². The number of fused-ring (bicyclic) bond motifs is 2. The molecule has 2 aliphatic heterocycles. The van der Waals surface area contributed by atoms with Crippen LogP contribution >= 0.6 is 0 Å². The highest BCUT2D eigenvalue weighted by Gasteiger charge is 2.48. The molecule has 6 heteroatoms. The lowest BCUT2D eigenvalue weighted by Gasteiger charge is -2.32. The summed E-state index contributed by atoms with van der Waals surface area (Å²) in [6.45, 7) is 5.10. The molecule has 21 heavy (non-hydrogen) atoms. The summed E-state index contributed by atoms with van der Waals surface area (Å²) < 4.78 is 27.0. The van der Waals surface area contributed by atoms with Crippen molar-refractivity contribution >= 4 is 15.8 Å². The predicted molar refractivity (Wildman–Crippen MR) is 79.5 cm³/mol. The molecule has 1 aromatic carbocycles. The number of carbonyl (C=O) groups is 1. The fraction of sp³-hybridized carbons (Fsp3) is 0.533. The Morgan fingerprint density at radius 1 is 1.19 bits per heavy atom. The standard InChI is InChI=1S/C15H20N2O3S/c1-11-3-5-15(6-4-11)21(19,20)17-10-13-7-14(17)9-16(13)8-12(2)18/h3-6,13-14H,7-10H2,1-2H3/t13-,14-/m1/s1. The average molecular weight is 308 g/mol. The molecule has 2 bridgehead atoms. The van der Waals surface area contributed by atoms with Gasteiger partial charge in [0, 0.05) is 25.2 Å². The van der Waals surface area contributed by atoms with Crippen LogP contribution in [0.25, 0.3) is 0 Å². The van der Waals surface area contributed by atoms with Gasteiger partial charge in [0.2, 0.25) is 10.0 Å². The van der Waals surface area contributed by atoms with Crippen molar-refractivity contribution in [3.05, 3.63) is 29.8 Å². The van der Waals surface area contributed by atoms with E-state index in [2.05, 4.69) is 4.90 Å². The van der Waals surface area contributed by atoms with Crippen molar-refractivity contribution in [3.8, 4) is 0 Å². The maximum atomic E-state index is 12.7. The Morgan fingerprint density at radius 3 is 2.38 bits per heavy atom. The van der Waals surface area contributed by atoms with Crippen molar-refractivity contribution < 1.29 is 13.2 Å². The third kappa shape index (κ3) is 2.63. The summed E-state index contributed by atoms with van der Waals surface area (Å²) >= 11 is 0. The number of rotatable bonds is 4. The molecule has 3 rings (SSSR count). The number of carbonyl (C=O) groups excluding carboxylic acids is 1. The number of piperazine rings is 1. The first-order valence-corrected chi connectivity index (χ1v) is 8.64. The van der Waals surface area contributed by atoms with Crippen LogP contribution < -0.4 is 0 Å². The number of hydrogen-bond donors (Lipinski definition) is 0. The molecule has 2 heterocycles. The van der Waals surface area contributed by atoms with Gasteiger partial charge in [-0.15, -0.1) is 0 Å². The maximum Gasteiger partial charge on any atom is 0.243 e. The first kappa shape index (κ1) is 14.7. The van der Waals surface area contributed by atoms with Crippen molar-refractivity contribution in [3.63, 3.8) is 0 Å². The lowest BCUT2D eigenvalue weighted by molar-refractivity contribution is -0.118. The van der Waals surface area contributed by atoms with Gasteiger partial charge in [-0.1, -0.05) is 17.7 Å². The number of Topliss-reactive ketones (excluding diaryl/α,β-unsaturated/α-hetero) is 1. The summed E-state index contributed by atoms with van der Waals surface area (Å²) in [4.78, 5) is 13.7. The smallest absolute Gasteiger partial charge is 0.243 e. The number of sulfonamides is 1. The summed E-state index contributed by atoms with van der Waals surface area (Å²) in [6, 6.07) is 7.17. The van der Waals surface area contributed by atoms with Gasteiger partial charge in [0.25, 0.3) is 0 Å². The molecule has 0 saturated carbocycles. The zero-order valence-corrected chi connectivity index (χ0v) is 13.1. The fourth-order valence-electron chi connectivity index (χ4n) is 3.33. The Kier molecular flexibility index (Phi) is 3.63. The van der Waals surface area contributed by atoms with E-state index in [4.69, 9.17) is 0 Å². The first-order chi connectivity index (χ1) is 9.88. The number of likely N-dealkylation sites (tertiary alicyclic amines) is 1. The van der Waals surface area contributed by atoms with Crippen molar-refractivity contribution in [2.75, 3.05) is 19.6 Å². The molecule has 114 valence electrons. The highest BCUT2D eigenvalue weighted by Crippen LogP contribution is 2.34. The minimum absolute atomic E-state index is 0.000605. The molecule has 0 N–H and O–H groups in total. The van der Waals surface area contributed by atoms with Gasteiger partial charge in [0.05, 0.1) is 11.4 Å². The van der Waals surface area contributed by atoms with Crippen LogP contribution in [0.5, 0.6) is 0 Å². The summed E-state index contributed by atoms with van der Waals surface area (Å²) in [5.74, 6) is 0.135. The zero-order valence-electron chi connectivity index (χ0n) is 12.3. The number of benzene rings is 1. The number of ketones is 1. The SMILES string of the molecule is CC(=O)CN1C[C@H]2C[C@@H]1CN2S(=O)(=O)c1ccc(C)cc1. The lowest BCUT2D eigenvalue weighted by Crippen LogP contribution is -2.49. The van der Waals surface area contributed by atoms with E-state index in [1.165, 1.54) is 0 Å². The van der Waals surface area contributed by atoms with Gasteiger partial charge in [0.1, 0.15) is 5.78 Å². The lowest BCUT2D eigenvalue weighted by atomic mass is 10.2. The Labute approximate surface area is 125 Å². The molecule has 0 aliphatic carbocycles. The molecule has 1 aromatic rings. The van der Waals surface area contributed by atoms with Crippen molar-refractivity contribution in [1.82, 2.24) is 9.21 Å². The third-order valence-corrected chi connectivity index (χ3v) is 6.29. The van der Waals surface area contributed by atoms with Gasteiger partial charge in [-0.2, -0.15) is 4.31 Å². The fourth-order valence-corrected chi connectivity index (χ4v) is 5.00. The van der Waals surface area contributed by atoms with Crippen LogP contribution in [0.3, 0.4) is 0 Å².